The van der Waals surface area contributed by atoms with Crippen molar-refractivity contribution < 1.29 is 0 Å². The Morgan fingerprint density at radius 3 is 2.09 bits per heavy atom. The molecule has 0 saturated carbocycles. The first-order chi connectivity index (χ1) is 22.1. The molecule has 1 N–H and O–H groups in total. The van der Waals surface area contributed by atoms with Crippen LogP contribution in [-0.4, -0.2) is 4.57 Å². The van der Waals surface area contributed by atoms with Crippen LogP contribution < -0.4 is 5.32 Å². The van der Waals surface area contributed by atoms with Gasteiger partial charge in [-0.1, -0.05) is 129 Å². The van der Waals surface area contributed by atoms with Gasteiger partial charge in [0.1, 0.15) is 0 Å². The van der Waals surface area contributed by atoms with Gasteiger partial charge in [0.25, 0.3) is 0 Å². The van der Waals surface area contributed by atoms with E-state index in [4.69, 9.17) is 0 Å². The smallest absolute Gasteiger partial charge is 0.0547 e. The molecule has 0 unspecified atom stereocenters. The van der Waals surface area contributed by atoms with E-state index in [-0.39, 0.29) is 5.41 Å². The second kappa shape index (κ2) is 9.70. The molecule has 1 heterocycles. The molecule has 9 rings (SSSR count). The maximum atomic E-state index is 3.92. The minimum Gasteiger partial charge on any atom is -0.354 e. The Kier molecular flexibility index (Phi) is 5.58. The number of nitrogens with zero attached hydrogens (tertiary/aromatic N) is 1. The Bertz CT molecular complexity index is 2430. The molecule has 1 aliphatic rings. The van der Waals surface area contributed by atoms with Crippen molar-refractivity contribution in [2.24, 2.45) is 0 Å². The summed E-state index contributed by atoms with van der Waals surface area (Å²) in [6.45, 7) is 4.66. The van der Waals surface area contributed by atoms with Crippen LogP contribution in [0.3, 0.4) is 0 Å². The zero-order valence-electron chi connectivity index (χ0n) is 25.4. The minimum absolute atomic E-state index is 0.0122. The summed E-state index contributed by atoms with van der Waals surface area (Å²) in [6, 6.07) is 55.2. The van der Waals surface area contributed by atoms with Crippen LogP contribution in [-0.2, 0) is 5.41 Å². The first kappa shape index (κ1) is 25.9. The summed E-state index contributed by atoms with van der Waals surface area (Å²) in [7, 11) is 0. The number of hydrogen-bond acceptors (Lipinski definition) is 1. The van der Waals surface area contributed by atoms with Crippen molar-refractivity contribution in [3.05, 3.63) is 163 Å². The van der Waals surface area contributed by atoms with E-state index in [1.165, 1.54) is 71.6 Å². The van der Waals surface area contributed by atoms with Crippen molar-refractivity contribution in [1.29, 1.82) is 0 Å². The van der Waals surface area contributed by atoms with Gasteiger partial charge in [-0.05, 0) is 69.6 Å². The molecule has 0 spiro atoms. The summed E-state index contributed by atoms with van der Waals surface area (Å²) in [6.07, 6.45) is 0. The fourth-order valence-electron chi connectivity index (χ4n) is 7.58. The quantitative estimate of drug-likeness (QED) is 0.220. The molecule has 0 radical (unpaired) electrons. The number of anilines is 2. The predicted octanol–water partition coefficient (Wildman–Crippen LogP) is 11.7. The van der Waals surface area contributed by atoms with Crippen LogP contribution >= 0.6 is 0 Å². The van der Waals surface area contributed by atoms with Crippen molar-refractivity contribution in [3.63, 3.8) is 0 Å². The molecule has 1 aromatic heterocycles. The van der Waals surface area contributed by atoms with Gasteiger partial charge < -0.3 is 9.88 Å². The van der Waals surface area contributed by atoms with E-state index >= 15 is 0 Å². The Morgan fingerprint density at radius 1 is 0.489 bits per heavy atom. The highest BCUT2D eigenvalue weighted by Crippen LogP contribution is 2.50. The van der Waals surface area contributed by atoms with E-state index in [1.807, 2.05) is 0 Å². The van der Waals surface area contributed by atoms with Crippen LogP contribution in [0.2, 0.25) is 0 Å². The molecule has 2 heteroatoms. The van der Waals surface area contributed by atoms with Crippen molar-refractivity contribution in [2.45, 2.75) is 19.3 Å². The SMILES string of the molecule is CC1(C)c2ccccc2-c2cc(Nc3c(-c4ccc5c6ccccc6n(-c6ccccc6)c5c4)ccc4ccccc34)ccc21. The maximum absolute atomic E-state index is 3.92. The monoisotopic (exact) mass is 576 g/mol. The average molecular weight is 577 g/mol. The van der Waals surface area contributed by atoms with Crippen LogP contribution in [0.15, 0.2) is 152 Å². The van der Waals surface area contributed by atoms with Crippen LogP contribution in [0.1, 0.15) is 25.0 Å². The third kappa shape index (κ3) is 3.89. The predicted molar refractivity (Wildman–Crippen MR) is 191 cm³/mol. The Hall–Kier alpha value is -5.60. The summed E-state index contributed by atoms with van der Waals surface area (Å²) in [5, 5.41) is 8.87. The van der Waals surface area contributed by atoms with Gasteiger partial charge in [-0.3, -0.25) is 0 Å². The van der Waals surface area contributed by atoms with Crippen molar-refractivity contribution >= 4 is 44.0 Å². The average Bonchev–Trinajstić information content (AvgIpc) is 3.53. The maximum Gasteiger partial charge on any atom is 0.0547 e. The van der Waals surface area contributed by atoms with Crippen molar-refractivity contribution in [2.75, 3.05) is 5.32 Å². The first-order valence-electron chi connectivity index (χ1n) is 15.7. The summed E-state index contributed by atoms with van der Waals surface area (Å²) < 4.78 is 2.39. The van der Waals surface area contributed by atoms with Gasteiger partial charge in [-0.15, -0.1) is 0 Å². The lowest BCUT2D eigenvalue weighted by molar-refractivity contribution is 0.660. The number of fused-ring (bicyclic) bond motifs is 7. The molecule has 7 aromatic carbocycles. The van der Waals surface area contributed by atoms with E-state index in [0.717, 1.165) is 11.4 Å². The van der Waals surface area contributed by atoms with Gasteiger partial charge >= 0.3 is 0 Å². The molecule has 214 valence electrons. The van der Waals surface area contributed by atoms with E-state index in [2.05, 4.69) is 175 Å². The Balaban J connectivity index is 1.24. The summed E-state index contributed by atoms with van der Waals surface area (Å²) in [5.41, 5.74) is 13.6. The number of aromatic nitrogens is 1. The molecule has 8 aromatic rings. The molecule has 45 heavy (non-hydrogen) atoms. The van der Waals surface area contributed by atoms with Gasteiger partial charge in [-0.25, -0.2) is 0 Å². The topological polar surface area (TPSA) is 17.0 Å². The second-order valence-electron chi connectivity index (χ2n) is 12.7. The fourth-order valence-corrected chi connectivity index (χ4v) is 7.58. The van der Waals surface area contributed by atoms with E-state index < -0.39 is 0 Å². The number of benzene rings is 7. The highest BCUT2D eigenvalue weighted by molar-refractivity contribution is 6.11. The van der Waals surface area contributed by atoms with Crippen LogP contribution in [0.25, 0.3) is 60.5 Å². The lowest BCUT2D eigenvalue weighted by atomic mass is 9.82. The van der Waals surface area contributed by atoms with E-state index in [0.29, 0.717) is 0 Å². The number of nitrogens with one attached hydrogen (secondary N) is 1. The molecular weight excluding hydrogens is 544 g/mol. The molecule has 0 atom stereocenters. The molecule has 0 aliphatic heterocycles. The van der Waals surface area contributed by atoms with Crippen molar-refractivity contribution in [1.82, 2.24) is 4.57 Å². The van der Waals surface area contributed by atoms with Crippen molar-refractivity contribution in [3.8, 4) is 27.9 Å². The molecule has 0 fully saturated rings. The third-order valence-corrected chi connectivity index (χ3v) is 9.78. The second-order valence-corrected chi connectivity index (χ2v) is 12.7. The lowest BCUT2D eigenvalue weighted by Crippen LogP contribution is -2.14. The molecule has 0 amide bonds. The highest BCUT2D eigenvalue weighted by atomic mass is 15.0. The molecular formula is C43H32N2. The Labute approximate surface area is 263 Å². The Morgan fingerprint density at radius 2 is 1.20 bits per heavy atom. The number of para-hydroxylation sites is 2. The zero-order valence-corrected chi connectivity index (χ0v) is 25.4. The fraction of sp³-hybridized carbons (Fsp3) is 0.0698. The molecule has 2 nitrogen and oxygen atoms in total. The molecule has 1 aliphatic carbocycles. The van der Waals surface area contributed by atoms with Gasteiger partial charge in [-0.2, -0.15) is 0 Å². The summed E-state index contributed by atoms with van der Waals surface area (Å²) in [4.78, 5) is 0. The molecule has 0 bridgehead atoms. The largest absolute Gasteiger partial charge is 0.354 e. The minimum atomic E-state index is -0.0122. The van der Waals surface area contributed by atoms with Gasteiger partial charge in [0.15, 0.2) is 0 Å². The van der Waals surface area contributed by atoms with Crippen LogP contribution in [0, 0.1) is 0 Å². The zero-order chi connectivity index (χ0) is 30.1. The lowest BCUT2D eigenvalue weighted by Gasteiger charge is -2.22. The number of rotatable bonds is 4. The standard InChI is InChI=1S/C43H32N2/c1-43(2)38-18-10-8-16-34(38)37-27-30(22-25-39(37)43)44-42-32-15-7-6-12-28(32)20-23-33(42)29-21-24-36-35-17-9-11-19-40(35)45(41(36)26-29)31-13-4-3-5-14-31/h3-27,44H,1-2H3. The third-order valence-electron chi connectivity index (χ3n) is 9.78. The van der Waals surface area contributed by atoms with E-state index in [1.54, 1.807) is 0 Å². The van der Waals surface area contributed by atoms with Gasteiger partial charge in [0.2, 0.25) is 0 Å². The first-order valence-corrected chi connectivity index (χ1v) is 15.7. The van der Waals surface area contributed by atoms with Crippen LogP contribution in [0.4, 0.5) is 11.4 Å². The number of hydrogen-bond donors (Lipinski definition) is 1. The highest BCUT2D eigenvalue weighted by Gasteiger charge is 2.35. The normalized spacial score (nSPS) is 13.3. The van der Waals surface area contributed by atoms with Crippen LogP contribution in [0.5, 0.6) is 0 Å². The van der Waals surface area contributed by atoms with Gasteiger partial charge in [0.05, 0.1) is 16.7 Å². The molecule has 0 saturated heterocycles. The van der Waals surface area contributed by atoms with E-state index in [9.17, 15) is 0 Å². The summed E-state index contributed by atoms with van der Waals surface area (Å²) in [5.74, 6) is 0. The summed E-state index contributed by atoms with van der Waals surface area (Å²) >= 11 is 0. The van der Waals surface area contributed by atoms with Gasteiger partial charge in [0, 0.05) is 38.5 Å².